The van der Waals surface area contributed by atoms with E-state index in [0.29, 0.717) is 79.8 Å². The zero-order valence-corrected chi connectivity index (χ0v) is 24.6. The van der Waals surface area contributed by atoms with Gasteiger partial charge in [-0.2, -0.15) is 10.4 Å². The van der Waals surface area contributed by atoms with E-state index < -0.39 is 11.7 Å². The number of carbonyl (C=O) groups excluding carboxylic acids is 2. The number of esters is 1. The monoisotopic (exact) mass is 579 g/mol. The third-order valence-corrected chi connectivity index (χ3v) is 5.85. The van der Waals surface area contributed by atoms with Crippen LogP contribution in [0.4, 0.5) is 16.4 Å². The van der Waals surface area contributed by atoms with Crippen molar-refractivity contribution in [2.24, 2.45) is 0 Å². The maximum atomic E-state index is 12.8. The first-order chi connectivity index (χ1) is 20.1. The van der Waals surface area contributed by atoms with Crippen molar-refractivity contribution in [1.82, 2.24) is 25.1 Å². The fraction of sp³-hybridized carbons (Fsp3) is 0.448. The van der Waals surface area contributed by atoms with Gasteiger partial charge in [-0.15, -0.1) is 0 Å². The average Bonchev–Trinajstić information content (AvgIpc) is 3.43. The number of hydrogen-bond donors (Lipinski definition) is 2. The molecule has 13 heteroatoms. The molecule has 0 aliphatic rings. The summed E-state index contributed by atoms with van der Waals surface area (Å²) in [5, 5.41) is 19.2. The van der Waals surface area contributed by atoms with E-state index in [1.54, 1.807) is 18.1 Å². The molecule has 0 aliphatic carbocycles. The van der Waals surface area contributed by atoms with Gasteiger partial charge in [0.1, 0.15) is 29.0 Å². The molecule has 0 atom stereocenters. The molecule has 0 aliphatic heterocycles. The molecule has 0 saturated carbocycles. The molecule has 0 bridgehead atoms. The Kier molecular flexibility index (Phi) is 11.5. The maximum absolute atomic E-state index is 12.8. The lowest BCUT2D eigenvalue weighted by Gasteiger charge is -2.27. The molecule has 0 fully saturated rings. The predicted octanol–water partition coefficient (Wildman–Crippen LogP) is 4.84. The van der Waals surface area contributed by atoms with Crippen molar-refractivity contribution in [2.45, 2.75) is 52.1 Å². The lowest BCUT2D eigenvalue weighted by Crippen LogP contribution is -2.38. The Balaban J connectivity index is 1.65. The summed E-state index contributed by atoms with van der Waals surface area (Å²) in [5.74, 6) is 1.81. The topological polar surface area (TPSA) is 165 Å². The standard InChI is InChI=1S/C29H37N7O6/c1-29(2,3)42-28(38)36(13-7-6-12-26(37)40-5)14-9-15-41-23-11-8-10-22(39-4)27(23)21-16-24(35-34-21)33-25-19-31-20(17-30)18-32-25/h8,10-11,16,18-19H,6-7,9,12-15H2,1-5H3,(H2,32,33,34,35). The number of amides is 1. The van der Waals surface area contributed by atoms with E-state index in [0.717, 1.165) is 0 Å². The van der Waals surface area contributed by atoms with E-state index in [4.69, 9.17) is 24.2 Å². The highest BCUT2D eigenvalue weighted by Gasteiger charge is 2.22. The summed E-state index contributed by atoms with van der Waals surface area (Å²) in [6.45, 7) is 6.65. The van der Waals surface area contributed by atoms with E-state index in [2.05, 4.69) is 25.5 Å². The second-order valence-electron chi connectivity index (χ2n) is 10.2. The number of aromatic amines is 1. The summed E-state index contributed by atoms with van der Waals surface area (Å²) in [7, 11) is 2.93. The van der Waals surface area contributed by atoms with Gasteiger partial charge in [-0.05, 0) is 52.2 Å². The number of anilines is 2. The van der Waals surface area contributed by atoms with Gasteiger partial charge in [0.05, 0.1) is 44.5 Å². The van der Waals surface area contributed by atoms with Crippen LogP contribution in [0.2, 0.25) is 0 Å². The molecule has 224 valence electrons. The summed E-state index contributed by atoms with van der Waals surface area (Å²) in [5.41, 5.74) is 0.912. The SMILES string of the molecule is COC(=O)CCCCN(CCCOc1cccc(OC)c1-c1cc(Nc2cnc(C#N)cn2)n[nH]1)C(=O)OC(C)(C)C. The van der Waals surface area contributed by atoms with Gasteiger partial charge in [0.2, 0.25) is 0 Å². The number of hydrogen-bond acceptors (Lipinski definition) is 11. The number of nitrogens with one attached hydrogen (secondary N) is 2. The summed E-state index contributed by atoms with van der Waals surface area (Å²) < 4.78 is 22.0. The first-order valence-electron chi connectivity index (χ1n) is 13.5. The van der Waals surface area contributed by atoms with Crippen molar-refractivity contribution < 1.29 is 28.5 Å². The number of aromatic nitrogens is 4. The van der Waals surface area contributed by atoms with Gasteiger partial charge in [0, 0.05) is 25.6 Å². The minimum absolute atomic E-state index is 0.215. The number of rotatable bonds is 14. The number of nitrogens with zero attached hydrogens (tertiary/aromatic N) is 5. The quantitative estimate of drug-likeness (QED) is 0.198. The molecule has 2 N–H and O–H groups in total. The number of carbonyl (C=O) groups is 2. The van der Waals surface area contributed by atoms with Crippen LogP contribution >= 0.6 is 0 Å². The molecule has 3 aromatic rings. The molecule has 0 radical (unpaired) electrons. The van der Waals surface area contributed by atoms with Gasteiger partial charge in [0.15, 0.2) is 11.5 Å². The second-order valence-corrected chi connectivity index (χ2v) is 10.2. The van der Waals surface area contributed by atoms with Crippen LogP contribution in [0.1, 0.15) is 52.1 Å². The largest absolute Gasteiger partial charge is 0.496 e. The van der Waals surface area contributed by atoms with Crippen molar-refractivity contribution in [3.05, 3.63) is 42.4 Å². The van der Waals surface area contributed by atoms with Gasteiger partial charge < -0.3 is 29.2 Å². The average molecular weight is 580 g/mol. The predicted molar refractivity (Wildman–Crippen MR) is 154 cm³/mol. The Morgan fingerprint density at radius 2 is 1.81 bits per heavy atom. The van der Waals surface area contributed by atoms with Gasteiger partial charge in [-0.1, -0.05) is 6.07 Å². The minimum atomic E-state index is -0.627. The Morgan fingerprint density at radius 1 is 1.05 bits per heavy atom. The third kappa shape index (κ3) is 9.65. The van der Waals surface area contributed by atoms with E-state index in [1.165, 1.54) is 19.5 Å². The highest BCUT2D eigenvalue weighted by Crippen LogP contribution is 2.38. The van der Waals surface area contributed by atoms with Crippen molar-refractivity contribution in [3.8, 4) is 28.8 Å². The van der Waals surface area contributed by atoms with E-state index in [9.17, 15) is 9.59 Å². The van der Waals surface area contributed by atoms with Gasteiger partial charge in [-0.25, -0.2) is 14.8 Å². The highest BCUT2D eigenvalue weighted by molar-refractivity contribution is 5.76. The highest BCUT2D eigenvalue weighted by atomic mass is 16.6. The smallest absolute Gasteiger partial charge is 0.410 e. The number of methoxy groups -OCH3 is 2. The number of benzene rings is 1. The normalized spacial score (nSPS) is 10.9. The van der Waals surface area contributed by atoms with Crippen molar-refractivity contribution in [3.63, 3.8) is 0 Å². The van der Waals surface area contributed by atoms with Crippen LogP contribution in [0.25, 0.3) is 11.3 Å². The molecule has 3 rings (SSSR count). The molecular weight excluding hydrogens is 542 g/mol. The molecule has 2 aromatic heterocycles. The summed E-state index contributed by atoms with van der Waals surface area (Å²) >= 11 is 0. The van der Waals surface area contributed by atoms with Crippen LogP contribution in [0.5, 0.6) is 11.5 Å². The second kappa shape index (κ2) is 15.2. The Labute approximate surface area is 245 Å². The fourth-order valence-electron chi connectivity index (χ4n) is 3.89. The van der Waals surface area contributed by atoms with E-state index in [1.807, 2.05) is 45.0 Å². The number of nitriles is 1. The summed E-state index contributed by atoms with van der Waals surface area (Å²) in [6.07, 6.45) is 4.49. The maximum Gasteiger partial charge on any atom is 0.410 e. The zero-order valence-electron chi connectivity index (χ0n) is 24.6. The molecular formula is C29H37N7O6. The summed E-state index contributed by atoms with van der Waals surface area (Å²) in [4.78, 5) is 34.0. The number of ether oxygens (including phenoxy) is 4. The molecule has 0 saturated heterocycles. The molecule has 0 unspecified atom stereocenters. The van der Waals surface area contributed by atoms with Crippen molar-refractivity contribution in [2.75, 3.05) is 39.2 Å². The summed E-state index contributed by atoms with van der Waals surface area (Å²) in [6, 6.07) is 9.19. The van der Waals surface area contributed by atoms with Crippen molar-refractivity contribution in [1.29, 1.82) is 5.26 Å². The lowest BCUT2D eigenvalue weighted by atomic mass is 10.1. The van der Waals surface area contributed by atoms with E-state index in [-0.39, 0.29) is 11.7 Å². The fourth-order valence-corrected chi connectivity index (χ4v) is 3.89. The molecule has 2 heterocycles. The lowest BCUT2D eigenvalue weighted by molar-refractivity contribution is -0.140. The molecule has 1 amide bonds. The van der Waals surface area contributed by atoms with Gasteiger partial charge >= 0.3 is 12.1 Å². The zero-order chi connectivity index (χ0) is 30.5. The minimum Gasteiger partial charge on any atom is -0.496 e. The number of unbranched alkanes of at least 4 members (excludes halogenated alkanes) is 1. The number of H-pyrrole nitrogens is 1. The molecule has 1 aromatic carbocycles. The van der Waals surface area contributed by atoms with Crippen molar-refractivity contribution >= 4 is 23.7 Å². The van der Waals surface area contributed by atoms with Gasteiger partial charge in [0.25, 0.3) is 0 Å². The first kappa shape index (κ1) is 31.7. The van der Waals surface area contributed by atoms with Gasteiger partial charge in [-0.3, -0.25) is 9.89 Å². The Morgan fingerprint density at radius 3 is 2.48 bits per heavy atom. The molecule has 13 nitrogen and oxygen atoms in total. The third-order valence-electron chi connectivity index (χ3n) is 5.85. The van der Waals surface area contributed by atoms with Crippen LogP contribution in [0.3, 0.4) is 0 Å². The van der Waals surface area contributed by atoms with Crippen LogP contribution in [-0.2, 0) is 14.3 Å². The van der Waals surface area contributed by atoms with Crippen LogP contribution in [0, 0.1) is 11.3 Å². The Hall–Kier alpha value is -4.86. The molecule has 0 spiro atoms. The molecule has 42 heavy (non-hydrogen) atoms. The van der Waals surface area contributed by atoms with Crippen LogP contribution in [-0.4, -0.2) is 76.6 Å². The van der Waals surface area contributed by atoms with Crippen LogP contribution < -0.4 is 14.8 Å². The first-order valence-corrected chi connectivity index (χ1v) is 13.5. The Bertz CT molecular complexity index is 1360. The van der Waals surface area contributed by atoms with Crippen LogP contribution in [0.15, 0.2) is 36.7 Å². The van der Waals surface area contributed by atoms with E-state index >= 15 is 0 Å².